The van der Waals surface area contributed by atoms with Crippen LogP contribution in [0.2, 0.25) is 0 Å². The maximum absolute atomic E-state index is 5.95. The summed E-state index contributed by atoms with van der Waals surface area (Å²) in [5.41, 5.74) is 1.76. The molecule has 0 bridgehead atoms. The molecule has 0 amide bonds. The molecule has 1 aromatic heterocycles. The normalized spacial score (nSPS) is 29.6. The molecule has 1 aromatic rings. The van der Waals surface area contributed by atoms with E-state index in [0.717, 1.165) is 32.2 Å². The van der Waals surface area contributed by atoms with Crippen LogP contribution in [0.1, 0.15) is 45.1 Å². The van der Waals surface area contributed by atoms with E-state index >= 15 is 0 Å². The predicted molar refractivity (Wildman–Crippen MR) is 88.9 cm³/mol. The molecule has 0 aromatic carbocycles. The summed E-state index contributed by atoms with van der Waals surface area (Å²) in [6.45, 7) is 12.1. The van der Waals surface area contributed by atoms with Crippen molar-refractivity contribution in [1.82, 2.24) is 14.7 Å². The summed E-state index contributed by atoms with van der Waals surface area (Å²) in [4.78, 5) is 2.62. The van der Waals surface area contributed by atoms with Crippen molar-refractivity contribution < 1.29 is 4.74 Å². The van der Waals surface area contributed by atoms with Gasteiger partial charge in [-0.1, -0.05) is 20.3 Å². The maximum Gasteiger partial charge on any atom is 0.0898 e. The predicted octanol–water partition coefficient (Wildman–Crippen LogP) is 3.11. The van der Waals surface area contributed by atoms with E-state index in [1.807, 2.05) is 10.9 Å². The Labute approximate surface area is 134 Å². The van der Waals surface area contributed by atoms with E-state index in [-0.39, 0.29) is 6.10 Å². The first-order valence-electron chi connectivity index (χ1n) is 8.83. The fourth-order valence-electron chi connectivity index (χ4n) is 4.21. The van der Waals surface area contributed by atoms with Gasteiger partial charge in [-0.25, -0.2) is 0 Å². The molecule has 2 heterocycles. The van der Waals surface area contributed by atoms with Crippen LogP contribution in [0.25, 0.3) is 0 Å². The highest BCUT2D eigenvalue weighted by Crippen LogP contribution is 2.38. The van der Waals surface area contributed by atoms with Gasteiger partial charge >= 0.3 is 0 Å². The number of ether oxygens (including phenoxy) is 1. The summed E-state index contributed by atoms with van der Waals surface area (Å²) in [5, 5.41) is 4.39. The molecule has 22 heavy (non-hydrogen) atoms. The third-order valence-electron chi connectivity index (χ3n) is 5.20. The van der Waals surface area contributed by atoms with E-state index in [0.29, 0.717) is 5.41 Å². The molecule has 2 aliphatic rings. The van der Waals surface area contributed by atoms with Gasteiger partial charge in [-0.05, 0) is 43.1 Å². The molecule has 0 radical (unpaired) electrons. The summed E-state index contributed by atoms with van der Waals surface area (Å²) in [6, 6.07) is 0. The van der Waals surface area contributed by atoms with Gasteiger partial charge in [0.15, 0.2) is 0 Å². The van der Waals surface area contributed by atoms with Crippen LogP contribution in [-0.2, 0) is 11.3 Å². The molecule has 1 aliphatic carbocycles. The second-order valence-corrected chi connectivity index (χ2v) is 8.12. The van der Waals surface area contributed by atoms with Gasteiger partial charge in [0.25, 0.3) is 0 Å². The zero-order chi connectivity index (χ0) is 15.6. The van der Waals surface area contributed by atoms with Crippen LogP contribution in [0, 0.1) is 18.3 Å². The standard InChI is InChI=1S/C18H31N3O/c1-15-10-19-21(11-15)14-17-13-20(7-8-22-17)12-16-5-4-6-18(2,3)9-16/h10-11,16-17H,4-9,12-14H2,1-3H3. The van der Waals surface area contributed by atoms with Gasteiger partial charge in [0, 0.05) is 25.8 Å². The van der Waals surface area contributed by atoms with Crippen molar-refractivity contribution in [3.05, 3.63) is 18.0 Å². The molecular weight excluding hydrogens is 274 g/mol. The minimum absolute atomic E-state index is 0.282. The van der Waals surface area contributed by atoms with Crippen LogP contribution in [0.5, 0.6) is 0 Å². The number of aryl methyl sites for hydroxylation is 1. The lowest BCUT2D eigenvalue weighted by molar-refractivity contribution is -0.0450. The topological polar surface area (TPSA) is 30.3 Å². The Hall–Kier alpha value is -0.870. The number of morpholine rings is 1. The SMILES string of the molecule is Cc1cnn(CC2CN(CC3CCCC(C)(C)C3)CCO2)c1. The van der Waals surface area contributed by atoms with E-state index in [4.69, 9.17) is 4.74 Å². The van der Waals surface area contributed by atoms with Gasteiger partial charge in [-0.15, -0.1) is 0 Å². The first-order valence-corrected chi connectivity index (χ1v) is 8.83. The summed E-state index contributed by atoms with van der Waals surface area (Å²) in [6.07, 6.45) is 9.89. The number of nitrogens with zero attached hydrogens (tertiary/aromatic N) is 3. The molecule has 1 aliphatic heterocycles. The number of hydrogen-bond acceptors (Lipinski definition) is 3. The number of aromatic nitrogens is 2. The molecule has 0 N–H and O–H groups in total. The van der Waals surface area contributed by atoms with Gasteiger partial charge in [0.1, 0.15) is 0 Å². The van der Waals surface area contributed by atoms with Crippen molar-refractivity contribution >= 4 is 0 Å². The Bertz CT molecular complexity index is 482. The zero-order valence-corrected chi connectivity index (χ0v) is 14.4. The molecule has 1 saturated heterocycles. The molecule has 2 fully saturated rings. The van der Waals surface area contributed by atoms with E-state index in [9.17, 15) is 0 Å². The highest BCUT2D eigenvalue weighted by molar-refractivity contribution is 4.99. The molecule has 2 atom stereocenters. The Morgan fingerprint density at radius 3 is 2.95 bits per heavy atom. The smallest absolute Gasteiger partial charge is 0.0898 e. The highest BCUT2D eigenvalue weighted by Gasteiger charge is 2.30. The first kappa shape index (κ1) is 16.0. The lowest BCUT2D eigenvalue weighted by Gasteiger charge is -2.40. The fraction of sp³-hybridized carbons (Fsp3) is 0.833. The van der Waals surface area contributed by atoms with E-state index in [2.05, 4.69) is 37.0 Å². The van der Waals surface area contributed by atoms with Gasteiger partial charge in [-0.2, -0.15) is 5.10 Å². The lowest BCUT2D eigenvalue weighted by atomic mass is 9.72. The van der Waals surface area contributed by atoms with Crippen LogP contribution < -0.4 is 0 Å². The zero-order valence-electron chi connectivity index (χ0n) is 14.4. The maximum atomic E-state index is 5.95. The lowest BCUT2D eigenvalue weighted by Crippen LogP contribution is -2.46. The van der Waals surface area contributed by atoms with Gasteiger partial charge < -0.3 is 4.74 Å². The third kappa shape index (κ3) is 4.32. The van der Waals surface area contributed by atoms with Crippen molar-refractivity contribution in [3.63, 3.8) is 0 Å². The first-order chi connectivity index (χ1) is 10.5. The van der Waals surface area contributed by atoms with Gasteiger partial charge in [0.2, 0.25) is 0 Å². The number of hydrogen-bond donors (Lipinski definition) is 0. The van der Waals surface area contributed by atoms with Crippen LogP contribution in [0.3, 0.4) is 0 Å². The molecule has 3 rings (SSSR count). The monoisotopic (exact) mass is 305 g/mol. The number of rotatable bonds is 4. The van der Waals surface area contributed by atoms with Gasteiger partial charge in [0.05, 0.1) is 25.5 Å². The van der Waals surface area contributed by atoms with Crippen LogP contribution in [0.15, 0.2) is 12.4 Å². The van der Waals surface area contributed by atoms with Crippen LogP contribution in [0.4, 0.5) is 0 Å². The van der Waals surface area contributed by atoms with E-state index < -0.39 is 0 Å². The van der Waals surface area contributed by atoms with Crippen molar-refractivity contribution in [1.29, 1.82) is 0 Å². The molecular formula is C18H31N3O. The molecule has 124 valence electrons. The quantitative estimate of drug-likeness (QED) is 0.856. The van der Waals surface area contributed by atoms with Crippen LogP contribution in [-0.4, -0.2) is 47.0 Å². The second-order valence-electron chi connectivity index (χ2n) is 8.12. The Kier molecular flexibility index (Phi) is 4.88. The van der Waals surface area contributed by atoms with E-state index in [1.54, 1.807) is 0 Å². The summed E-state index contributed by atoms with van der Waals surface area (Å²) in [7, 11) is 0. The third-order valence-corrected chi connectivity index (χ3v) is 5.20. The van der Waals surface area contributed by atoms with Crippen molar-refractivity contribution in [2.45, 2.75) is 59.1 Å². The fourth-order valence-corrected chi connectivity index (χ4v) is 4.21. The summed E-state index contributed by atoms with van der Waals surface area (Å²) in [5.74, 6) is 0.870. The summed E-state index contributed by atoms with van der Waals surface area (Å²) >= 11 is 0. The Balaban J connectivity index is 1.50. The minimum atomic E-state index is 0.282. The van der Waals surface area contributed by atoms with Crippen molar-refractivity contribution in [2.24, 2.45) is 11.3 Å². The largest absolute Gasteiger partial charge is 0.374 e. The summed E-state index contributed by atoms with van der Waals surface area (Å²) < 4.78 is 7.97. The molecule has 4 nitrogen and oxygen atoms in total. The Morgan fingerprint density at radius 2 is 2.23 bits per heavy atom. The molecule has 4 heteroatoms. The van der Waals surface area contributed by atoms with Crippen molar-refractivity contribution in [3.8, 4) is 0 Å². The van der Waals surface area contributed by atoms with Crippen LogP contribution >= 0.6 is 0 Å². The molecule has 0 spiro atoms. The second kappa shape index (κ2) is 6.71. The molecule has 2 unspecified atom stereocenters. The average Bonchev–Trinajstić information content (AvgIpc) is 2.83. The minimum Gasteiger partial charge on any atom is -0.374 e. The Morgan fingerprint density at radius 1 is 1.36 bits per heavy atom. The van der Waals surface area contributed by atoms with Crippen molar-refractivity contribution in [2.75, 3.05) is 26.2 Å². The van der Waals surface area contributed by atoms with Gasteiger partial charge in [-0.3, -0.25) is 9.58 Å². The average molecular weight is 305 g/mol. The van der Waals surface area contributed by atoms with E-state index in [1.165, 1.54) is 37.8 Å². The highest BCUT2D eigenvalue weighted by atomic mass is 16.5. The molecule has 1 saturated carbocycles.